The Morgan fingerprint density at radius 2 is 1.88 bits per heavy atom. The molecular weight excluding hydrogens is 413 g/mol. The number of benzene rings is 2. The molecule has 0 saturated carbocycles. The third-order valence-electron chi connectivity index (χ3n) is 6.02. The van der Waals surface area contributed by atoms with Gasteiger partial charge in [0.1, 0.15) is 30.9 Å². The molecule has 32 heavy (non-hydrogen) atoms. The highest BCUT2D eigenvalue weighted by Gasteiger charge is 2.39. The molecule has 0 saturated heterocycles. The number of ether oxygens (including phenoxy) is 1. The number of carbonyl (C=O) groups excluding carboxylic acids is 1. The van der Waals surface area contributed by atoms with Gasteiger partial charge in [0.05, 0.1) is 0 Å². The van der Waals surface area contributed by atoms with E-state index in [2.05, 4.69) is 0 Å². The molecule has 2 aliphatic heterocycles. The molecular formula is C24H22FN3O4. The highest BCUT2D eigenvalue weighted by molar-refractivity contribution is 5.96. The molecule has 3 aromatic rings. The summed E-state index contributed by atoms with van der Waals surface area (Å²) < 4.78 is 21.5. The van der Waals surface area contributed by atoms with Gasteiger partial charge in [0.2, 0.25) is 5.43 Å². The van der Waals surface area contributed by atoms with E-state index in [1.807, 2.05) is 43.1 Å². The molecule has 8 heteroatoms. The Bertz CT molecular complexity index is 1290. The van der Waals surface area contributed by atoms with Crippen LogP contribution in [0, 0.1) is 5.82 Å². The second-order valence-electron chi connectivity index (χ2n) is 8.24. The second kappa shape index (κ2) is 7.40. The lowest BCUT2D eigenvalue weighted by molar-refractivity contribution is 0.0621. The van der Waals surface area contributed by atoms with Crippen molar-refractivity contribution in [2.24, 2.45) is 0 Å². The first kappa shape index (κ1) is 20.1. The zero-order chi connectivity index (χ0) is 22.6. The van der Waals surface area contributed by atoms with Crippen molar-refractivity contribution in [2.75, 3.05) is 11.7 Å². The summed E-state index contributed by atoms with van der Waals surface area (Å²) in [5.74, 6) is -1.02. The molecule has 2 aliphatic rings. The molecule has 164 valence electrons. The van der Waals surface area contributed by atoms with Gasteiger partial charge < -0.3 is 14.7 Å². The number of fused-ring (bicyclic) bond motifs is 3. The van der Waals surface area contributed by atoms with Crippen LogP contribution >= 0.6 is 0 Å². The summed E-state index contributed by atoms with van der Waals surface area (Å²) >= 11 is 0. The Morgan fingerprint density at radius 3 is 2.66 bits per heavy atom. The van der Waals surface area contributed by atoms with E-state index in [4.69, 9.17) is 4.74 Å². The Labute approximate surface area is 183 Å². The molecule has 0 spiro atoms. The van der Waals surface area contributed by atoms with Gasteiger partial charge in [-0.1, -0.05) is 24.3 Å². The first-order valence-electron chi connectivity index (χ1n) is 10.4. The lowest BCUT2D eigenvalue weighted by atomic mass is 9.94. The van der Waals surface area contributed by atoms with Crippen LogP contribution in [-0.2, 0) is 6.61 Å². The summed E-state index contributed by atoms with van der Waals surface area (Å²) in [5, 5.41) is 12.4. The van der Waals surface area contributed by atoms with Crippen molar-refractivity contribution in [3.05, 3.63) is 93.2 Å². The predicted octanol–water partition coefficient (Wildman–Crippen LogP) is 3.13. The maximum atomic E-state index is 14.1. The fourth-order valence-electron chi connectivity index (χ4n) is 4.39. The largest absolute Gasteiger partial charge is 0.502 e. The van der Waals surface area contributed by atoms with E-state index < -0.39 is 28.9 Å². The topological polar surface area (TPSA) is 75.0 Å². The molecule has 1 atom stereocenters. The fraction of sp³-hybridized carbons (Fsp3) is 0.250. The summed E-state index contributed by atoms with van der Waals surface area (Å²) in [6, 6.07) is 12.7. The van der Waals surface area contributed by atoms with Gasteiger partial charge in [-0.2, -0.15) is 0 Å². The van der Waals surface area contributed by atoms with Crippen LogP contribution in [0.1, 0.15) is 47.1 Å². The molecule has 5 rings (SSSR count). The van der Waals surface area contributed by atoms with Gasteiger partial charge in [-0.25, -0.2) is 4.39 Å². The van der Waals surface area contributed by atoms with E-state index in [0.29, 0.717) is 5.75 Å². The van der Waals surface area contributed by atoms with Crippen LogP contribution in [-0.4, -0.2) is 33.3 Å². The lowest BCUT2D eigenvalue weighted by Crippen LogP contribution is -2.57. The highest BCUT2D eigenvalue weighted by Crippen LogP contribution is 2.40. The van der Waals surface area contributed by atoms with Crippen molar-refractivity contribution in [3.63, 3.8) is 0 Å². The number of pyridine rings is 1. The maximum absolute atomic E-state index is 14.1. The first-order valence-corrected chi connectivity index (χ1v) is 10.4. The zero-order valence-corrected chi connectivity index (χ0v) is 17.7. The van der Waals surface area contributed by atoms with E-state index >= 15 is 0 Å². The zero-order valence-electron chi connectivity index (χ0n) is 17.7. The van der Waals surface area contributed by atoms with Gasteiger partial charge >= 0.3 is 0 Å². The average Bonchev–Trinajstić information content (AvgIpc) is 2.93. The quantitative estimate of drug-likeness (QED) is 0.670. The summed E-state index contributed by atoms with van der Waals surface area (Å²) in [7, 11) is 0. The maximum Gasteiger partial charge on any atom is 0.278 e. The minimum absolute atomic E-state index is 0.0937. The fourth-order valence-corrected chi connectivity index (χ4v) is 4.39. The molecule has 1 aromatic heterocycles. The van der Waals surface area contributed by atoms with Crippen molar-refractivity contribution in [1.29, 1.82) is 0 Å². The number of hydrogen-bond acceptors (Lipinski definition) is 5. The van der Waals surface area contributed by atoms with Crippen LogP contribution in [0.3, 0.4) is 0 Å². The van der Waals surface area contributed by atoms with Gasteiger partial charge in [0.25, 0.3) is 5.91 Å². The van der Waals surface area contributed by atoms with Gasteiger partial charge in [0, 0.05) is 29.9 Å². The Morgan fingerprint density at radius 1 is 1.09 bits per heavy atom. The SMILES string of the molecule is CC(C)N1CN(C2c3ccccc3COc3cc(F)ccc32)n2ccc(=O)c(O)c2C1=O. The van der Waals surface area contributed by atoms with Gasteiger partial charge in [-0.05, 0) is 37.1 Å². The molecule has 0 bridgehead atoms. The van der Waals surface area contributed by atoms with Crippen LogP contribution in [0.25, 0.3) is 0 Å². The number of hydrogen-bond donors (Lipinski definition) is 1. The van der Waals surface area contributed by atoms with E-state index in [-0.39, 0.29) is 25.0 Å². The molecule has 0 aliphatic carbocycles. The number of nitrogens with zero attached hydrogens (tertiary/aromatic N) is 3. The first-order chi connectivity index (χ1) is 15.4. The summed E-state index contributed by atoms with van der Waals surface area (Å²) in [4.78, 5) is 26.9. The number of halogens is 1. The number of carbonyl (C=O) groups is 1. The standard InChI is InChI=1S/C24H22FN3O4/c1-14(2)26-13-28(27-10-9-19(29)23(30)22(27)24(26)31)21-17-6-4-3-5-15(17)12-32-20-11-16(25)7-8-18(20)21/h3-11,14,21,30H,12-13H2,1-2H3. The van der Waals surface area contributed by atoms with Gasteiger partial charge in [-0.3, -0.25) is 19.3 Å². The van der Waals surface area contributed by atoms with Crippen molar-refractivity contribution in [1.82, 2.24) is 9.58 Å². The van der Waals surface area contributed by atoms with Crippen molar-refractivity contribution in [2.45, 2.75) is 32.5 Å². The molecule has 7 nitrogen and oxygen atoms in total. The Hall–Kier alpha value is -3.81. The summed E-state index contributed by atoms with van der Waals surface area (Å²) in [6.45, 7) is 4.21. The highest BCUT2D eigenvalue weighted by atomic mass is 19.1. The van der Waals surface area contributed by atoms with Gasteiger partial charge in [-0.15, -0.1) is 0 Å². The summed E-state index contributed by atoms with van der Waals surface area (Å²) in [5.41, 5.74) is 1.86. The minimum Gasteiger partial charge on any atom is -0.502 e. The molecule has 0 radical (unpaired) electrons. The van der Waals surface area contributed by atoms with Crippen LogP contribution in [0.5, 0.6) is 11.5 Å². The Kier molecular flexibility index (Phi) is 4.65. The van der Waals surface area contributed by atoms with Crippen LogP contribution in [0.15, 0.2) is 59.5 Å². The van der Waals surface area contributed by atoms with Crippen LogP contribution < -0.4 is 15.2 Å². The second-order valence-corrected chi connectivity index (χ2v) is 8.24. The third-order valence-corrected chi connectivity index (χ3v) is 6.02. The number of aromatic hydroxyl groups is 1. The molecule has 0 fully saturated rings. The van der Waals surface area contributed by atoms with E-state index in [9.17, 15) is 19.1 Å². The monoisotopic (exact) mass is 435 g/mol. The number of amides is 1. The van der Waals surface area contributed by atoms with Crippen molar-refractivity contribution < 1.29 is 19.0 Å². The number of rotatable bonds is 2. The predicted molar refractivity (Wildman–Crippen MR) is 116 cm³/mol. The van der Waals surface area contributed by atoms with Crippen LogP contribution in [0.4, 0.5) is 4.39 Å². The summed E-state index contributed by atoms with van der Waals surface area (Å²) in [6.07, 6.45) is 1.49. The molecule has 3 heterocycles. The molecule has 1 amide bonds. The molecule has 1 unspecified atom stereocenters. The Balaban J connectivity index is 1.79. The smallest absolute Gasteiger partial charge is 0.278 e. The van der Waals surface area contributed by atoms with Crippen LogP contribution in [0.2, 0.25) is 0 Å². The van der Waals surface area contributed by atoms with Crippen molar-refractivity contribution in [3.8, 4) is 11.5 Å². The van der Waals surface area contributed by atoms with E-state index in [1.165, 1.54) is 29.1 Å². The third kappa shape index (κ3) is 3.02. The number of aromatic nitrogens is 1. The molecule has 2 aromatic carbocycles. The van der Waals surface area contributed by atoms with Gasteiger partial charge in [0.15, 0.2) is 11.4 Å². The lowest BCUT2D eigenvalue weighted by Gasteiger charge is -2.45. The average molecular weight is 435 g/mol. The minimum atomic E-state index is -0.623. The van der Waals surface area contributed by atoms with E-state index in [1.54, 1.807) is 11.0 Å². The normalized spacial score (nSPS) is 17.4. The van der Waals surface area contributed by atoms with E-state index in [0.717, 1.165) is 16.7 Å². The molecule has 1 N–H and O–H groups in total. The van der Waals surface area contributed by atoms with Crippen molar-refractivity contribution >= 4 is 5.91 Å².